The number of carbonyl (C=O) groups is 2. The fourth-order valence-electron chi connectivity index (χ4n) is 1.61. The lowest BCUT2D eigenvalue weighted by Gasteiger charge is -2.14. The molecule has 1 aromatic carbocycles. The highest BCUT2D eigenvalue weighted by Gasteiger charge is 2.30. The third-order valence-corrected chi connectivity index (χ3v) is 2.65. The van der Waals surface area contributed by atoms with E-state index in [0.717, 1.165) is 24.3 Å². The standard InChI is InChI=1S/C13H15F3N2O3/c1-2-3-10(11(19)20)18-12(21)17-9-6-4-8(5-7-9)13(14,15)16/h4-7,10H,2-3H2,1H3,(H,19,20)(H2,17,18,21). The summed E-state index contributed by atoms with van der Waals surface area (Å²) in [5, 5.41) is 13.4. The molecule has 1 rings (SSSR count). The highest BCUT2D eigenvalue weighted by Crippen LogP contribution is 2.29. The predicted molar refractivity (Wildman–Crippen MR) is 69.9 cm³/mol. The Labute approximate surface area is 119 Å². The van der Waals surface area contributed by atoms with Gasteiger partial charge in [-0.15, -0.1) is 0 Å². The van der Waals surface area contributed by atoms with Gasteiger partial charge in [0.1, 0.15) is 6.04 Å². The Morgan fingerprint density at radius 3 is 2.24 bits per heavy atom. The number of carboxylic acids is 1. The highest BCUT2D eigenvalue weighted by atomic mass is 19.4. The maximum atomic E-state index is 12.4. The smallest absolute Gasteiger partial charge is 0.416 e. The topological polar surface area (TPSA) is 78.4 Å². The van der Waals surface area contributed by atoms with Crippen molar-refractivity contribution in [3.63, 3.8) is 0 Å². The van der Waals surface area contributed by atoms with Crippen molar-refractivity contribution < 1.29 is 27.9 Å². The van der Waals surface area contributed by atoms with Gasteiger partial charge in [0.2, 0.25) is 0 Å². The third kappa shape index (κ3) is 5.33. The molecule has 0 radical (unpaired) electrons. The molecule has 116 valence electrons. The molecule has 0 heterocycles. The molecule has 1 aromatic rings. The summed E-state index contributed by atoms with van der Waals surface area (Å²) in [4.78, 5) is 22.4. The minimum atomic E-state index is -4.45. The Bertz CT molecular complexity index is 500. The van der Waals surface area contributed by atoms with Gasteiger partial charge in [0.05, 0.1) is 5.56 Å². The first-order chi connectivity index (χ1) is 9.74. The molecule has 0 spiro atoms. The van der Waals surface area contributed by atoms with E-state index in [0.29, 0.717) is 6.42 Å². The molecule has 0 aliphatic heterocycles. The largest absolute Gasteiger partial charge is 0.480 e. The van der Waals surface area contributed by atoms with E-state index in [2.05, 4.69) is 10.6 Å². The molecule has 5 nitrogen and oxygen atoms in total. The number of nitrogens with one attached hydrogen (secondary N) is 2. The van der Waals surface area contributed by atoms with Crippen LogP contribution in [0.4, 0.5) is 23.7 Å². The first kappa shape index (κ1) is 16.8. The number of anilines is 1. The van der Waals surface area contributed by atoms with Crippen molar-refractivity contribution in [2.75, 3.05) is 5.32 Å². The van der Waals surface area contributed by atoms with Crippen LogP contribution in [0.5, 0.6) is 0 Å². The summed E-state index contributed by atoms with van der Waals surface area (Å²) in [7, 11) is 0. The number of carbonyl (C=O) groups excluding carboxylic acids is 1. The van der Waals surface area contributed by atoms with Gasteiger partial charge in [0, 0.05) is 5.69 Å². The number of hydrogen-bond acceptors (Lipinski definition) is 2. The number of amides is 2. The van der Waals surface area contributed by atoms with Gasteiger partial charge in [-0.05, 0) is 30.7 Å². The Hall–Kier alpha value is -2.25. The van der Waals surface area contributed by atoms with Gasteiger partial charge >= 0.3 is 18.2 Å². The zero-order valence-corrected chi connectivity index (χ0v) is 11.2. The minimum Gasteiger partial charge on any atom is -0.480 e. The Morgan fingerprint density at radius 1 is 1.24 bits per heavy atom. The van der Waals surface area contributed by atoms with Crippen LogP contribution in [-0.2, 0) is 11.0 Å². The molecule has 3 N–H and O–H groups in total. The van der Waals surface area contributed by atoms with Crippen LogP contribution in [0.3, 0.4) is 0 Å². The Balaban J connectivity index is 2.64. The predicted octanol–water partition coefficient (Wildman–Crippen LogP) is 3.08. The Morgan fingerprint density at radius 2 is 1.81 bits per heavy atom. The lowest BCUT2D eigenvalue weighted by Crippen LogP contribution is -2.42. The zero-order valence-electron chi connectivity index (χ0n) is 11.2. The van der Waals surface area contributed by atoms with Gasteiger partial charge in [-0.1, -0.05) is 13.3 Å². The maximum absolute atomic E-state index is 12.4. The molecule has 8 heteroatoms. The van der Waals surface area contributed by atoms with Crippen molar-refractivity contribution >= 4 is 17.7 Å². The normalized spacial score (nSPS) is 12.6. The number of hydrogen-bond donors (Lipinski definition) is 3. The van der Waals surface area contributed by atoms with Crippen LogP contribution in [0.2, 0.25) is 0 Å². The van der Waals surface area contributed by atoms with Gasteiger partial charge < -0.3 is 15.7 Å². The molecule has 0 bridgehead atoms. The Kier molecular flexibility index (Phi) is 5.57. The van der Waals surface area contributed by atoms with Crippen LogP contribution >= 0.6 is 0 Å². The quantitative estimate of drug-likeness (QED) is 0.782. The summed E-state index contributed by atoms with van der Waals surface area (Å²) in [6.07, 6.45) is -3.62. The number of urea groups is 1. The third-order valence-electron chi connectivity index (χ3n) is 2.65. The molecule has 0 saturated carbocycles. The lowest BCUT2D eigenvalue weighted by atomic mass is 10.2. The van der Waals surface area contributed by atoms with Gasteiger partial charge in [-0.3, -0.25) is 0 Å². The second kappa shape index (κ2) is 6.96. The van der Waals surface area contributed by atoms with Crippen LogP contribution in [0.15, 0.2) is 24.3 Å². The van der Waals surface area contributed by atoms with Crippen LogP contribution in [0.1, 0.15) is 25.3 Å². The van der Waals surface area contributed by atoms with Crippen molar-refractivity contribution in [3.8, 4) is 0 Å². The summed E-state index contributed by atoms with van der Waals surface area (Å²) in [6.45, 7) is 1.77. The molecule has 0 aromatic heterocycles. The van der Waals surface area contributed by atoms with Gasteiger partial charge in [-0.2, -0.15) is 13.2 Å². The number of carboxylic acid groups (broad SMARTS) is 1. The molecule has 1 unspecified atom stereocenters. The number of alkyl halides is 3. The minimum absolute atomic E-state index is 0.140. The van der Waals surface area contributed by atoms with E-state index in [1.165, 1.54) is 0 Å². The SMILES string of the molecule is CCCC(NC(=O)Nc1ccc(C(F)(F)F)cc1)C(=O)O. The second-order valence-corrected chi connectivity index (χ2v) is 4.35. The first-order valence-electron chi connectivity index (χ1n) is 6.21. The van der Waals surface area contributed by atoms with Crippen molar-refractivity contribution in [2.45, 2.75) is 32.0 Å². The maximum Gasteiger partial charge on any atom is 0.416 e. The van der Waals surface area contributed by atoms with E-state index in [1.807, 2.05) is 0 Å². The number of halogens is 3. The van der Waals surface area contributed by atoms with Gasteiger partial charge in [-0.25, -0.2) is 9.59 Å². The van der Waals surface area contributed by atoms with Gasteiger partial charge in [0.15, 0.2) is 0 Å². The molecule has 0 aliphatic carbocycles. The molecule has 21 heavy (non-hydrogen) atoms. The van der Waals surface area contributed by atoms with E-state index in [-0.39, 0.29) is 12.1 Å². The summed E-state index contributed by atoms with van der Waals surface area (Å²) in [6, 6.07) is 2.03. The average molecular weight is 304 g/mol. The van der Waals surface area contributed by atoms with Gasteiger partial charge in [0.25, 0.3) is 0 Å². The van der Waals surface area contributed by atoms with E-state index in [4.69, 9.17) is 5.11 Å². The molecular formula is C13H15F3N2O3. The van der Waals surface area contributed by atoms with Crippen LogP contribution in [0, 0.1) is 0 Å². The molecule has 1 atom stereocenters. The first-order valence-corrected chi connectivity index (χ1v) is 6.21. The summed E-state index contributed by atoms with van der Waals surface area (Å²) < 4.78 is 37.1. The van der Waals surface area contributed by atoms with Crippen LogP contribution in [0.25, 0.3) is 0 Å². The fraction of sp³-hybridized carbons (Fsp3) is 0.385. The van der Waals surface area contributed by atoms with Crippen molar-refractivity contribution in [3.05, 3.63) is 29.8 Å². The second-order valence-electron chi connectivity index (χ2n) is 4.35. The zero-order chi connectivity index (χ0) is 16.0. The van der Waals surface area contributed by atoms with Crippen LogP contribution < -0.4 is 10.6 Å². The van der Waals surface area contributed by atoms with E-state index in [1.54, 1.807) is 6.92 Å². The number of aliphatic carboxylic acids is 1. The van der Waals surface area contributed by atoms with Crippen LogP contribution in [-0.4, -0.2) is 23.1 Å². The monoisotopic (exact) mass is 304 g/mol. The number of rotatable bonds is 5. The van der Waals surface area contributed by atoms with Crippen molar-refractivity contribution in [1.29, 1.82) is 0 Å². The average Bonchev–Trinajstić information content (AvgIpc) is 2.37. The molecule has 0 aliphatic rings. The summed E-state index contributed by atoms with van der Waals surface area (Å²) in [5.41, 5.74) is -0.691. The molecular weight excluding hydrogens is 289 g/mol. The lowest BCUT2D eigenvalue weighted by molar-refractivity contribution is -0.139. The summed E-state index contributed by atoms with van der Waals surface area (Å²) in [5.74, 6) is -1.17. The van der Waals surface area contributed by atoms with E-state index < -0.39 is 29.8 Å². The molecule has 0 fully saturated rings. The fourth-order valence-corrected chi connectivity index (χ4v) is 1.61. The molecule has 0 saturated heterocycles. The van der Waals surface area contributed by atoms with Crippen molar-refractivity contribution in [1.82, 2.24) is 5.32 Å². The van der Waals surface area contributed by atoms with E-state index >= 15 is 0 Å². The number of benzene rings is 1. The summed E-state index contributed by atoms with van der Waals surface area (Å²) >= 11 is 0. The highest BCUT2D eigenvalue weighted by molar-refractivity contribution is 5.92. The van der Waals surface area contributed by atoms with Crippen molar-refractivity contribution in [2.24, 2.45) is 0 Å². The molecule has 2 amide bonds. The van der Waals surface area contributed by atoms with E-state index in [9.17, 15) is 22.8 Å².